The zero-order valence-corrected chi connectivity index (χ0v) is 11.8. The number of aromatic nitrogens is 2. The van der Waals surface area contributed by atoms with Gasteiger partial charge >= 0.3 is 0 Å². The summed E-state index contributed by atoms with van der Waals surface area (Å²) in [5.41, 5.74) is 7.28. The molecule has 106 valence electrons. The van der Waals surface area contributed by atoms with Crippen molar-refractivity contribution in [2.24, 2.45) is 5.73 Å². The van der Waals surface area contributed by atoms with E-state index in [1.807, 2.05) is 50.4 Å². The lowest BCUT2D eigenvalue weighted by Crippen LogP contribution is -2.33. The predicted octanol–water partition coefficient (Wildman–Crippen LogP) is 2.33. The summed E-state index contributed by atoms with van der Waals surface area (Å²) in [6.45, 7) is 3.83. The normalized spacial score (nSPS) is 11.3. The maximum atomic E-state index is 11.8. The minimum atomic E-state index is -0.318. The lowest BCUT2D eigenvalue weighted by molar-refractivity contribution is -0.116. The van der Waals surface area contributed by atoms with E-state index in [1.165, 1.54) is 0 Å². The van der Waals surface area contributed by atoms with Gasteiger partial charge in [0.25, 0.3) is 0 Å². The van der Waals surface area contributed by atoms with E-state index in [4.69, 9.17) is 5.73 Å². The minimum absolute atomic E-state index is 0.0182. The van der Waals surface area contributed by atoms with Crippen molar-refractivity contribution in [2.75, 3.05) is 5.32 Å². The van der Waals surface area contributed by atoms with Crippen LogP contribution < -0.4 is 11.1 Å². The highest BCUT2D eigenvalue weighted by atomic mass is 16.1. The van der Waals surface area contributed by atoms with Gasteiger partial charge < -0.3 is 11.1 Å². The van der Waals surface area contributed by atoms with Crippen LogP contribution in [0.2, 0.25) is 0 Å². The molecule has 5 nitrogen and oxygen atoms in total. The van der Waals surface area contributed by atoms with Gasteiger partial charge in [-0.15, -0.1) is 0 Å². The molecule has 0 aliphatic carbocycles. The van der Waals surface area contributed by atoms with E-state index >= 15 is 0 Å². The molecular formula is C15H20N4O. The van der Waals surface area contributed by atoms with Gasteiger partial charge in [0.2, 0.25) is 5.91 Å². The van der Waals surface area contributed by atoms with Crippen molar-refractivity contribution in [1.82, 2.24) is 9.78 Å². The van der Waals surface area contributed by atoms with Crippen LogP contribution in [0.15, 0.2) is 42.7 Å². The van der Waals surface area contributed by atoms with Crippen molar-refractivity contribution in [3.8, 4) is 5.69 Å². The Hall–Kier alpha value is -2.14. The molecular weight excluding hydrogens is 252 g/mol. The zero-order valence-electron chi connectivity index (χ0n) is 11.8. The quantitative estimate of drug-likeness (QED) is 0.877. The molecule has 2 aromatic rings. The second kappa shape index (κ2) is 5.88. The average Bonchev–Trinajstić information content (AvgIpc) is 2.90. The van der Waals surface area contributed by atoms with E-state index in [0.29, 0.717) is 12.8 Å². The first-order valence-corrected chi connectivity index (χ1v) is 6.63. The van der Waals surface area contributed by atoms with Gasteiger partial charge in [0.15, 0.2) is 0 Å². The van der Waals surface area contributed by atoms with Crippen LogP contribution in [-0.4, -0.2) is 21.2 Å². The molecule has 0 bridgehead atoms. The van der Waals surface area contributed by atoms with Crippen molar-refractivity contribution in [1.29, 1.82) is 0 Å². The second-order valence-corrected chi connectivity index (χ2v) is 5.53. The third kappa shape index (κ3) is 4.20. The molecule has 1 amide bonds. The fourth-order valence-electron chi connectivity index (χ4n) is 1.78. The number of hydrogen-bond acceptors (Lipinski definition) is 3. The standard InChI is InChI=1S/C15H20N4O/c1-15(2,16)9-8-14(20)18-12-4-6-13(7-5-12)19-11-3-10-17-19/h3-7,10-11H,8-9,16H2,1-2H3,(H,18,20). The third-order valence-electron chi connectivity index (χ3n) is 2.92. The van der Waals surface area contributed by atoms with E-state index in [1.54, 1.807) is 10.9 Å². The number of anilines is 1. The number of hydrogen-bond donors (Lipinski definition) is 2. The fourth-order valence-corrected chi connectivity index (χ4v) is 1.78. The first-order chi connectivity index (χ1) is 9.44. The van der Waals surface area contributed by atoms with Crippen molar-refractivity contribution < 1.29 is 4.79 Å². The van der Waals surface area contributed by atoms with E-state index in [2.05, 4.69) is 10.4 Å². The van der Waals surface area contributed by atoms with Crippen LogP contribution in [0.25, 0.3) is 5.69 Å². The number of nitrogens with two attached hydrogens (primary N) is 1. The molecule has 0 atom stereocenters. The number of carbonyl (C=O) groups is 1. The second-order valence-electron chi connectivity index (χ2n) is 5.53. The number of amides is 1. The summed E-state index contributed by atoms with van der Waals surface area (Å²) in [5, 5.41) is 7.01. The van der Waals surface area contributed by atoms with Crippen molar-refractivity contribution in [3.63, 3.8) is 0 Å². The molecule has 0 saturated carbocycles. The smallest absolute Gasteiger partial charge is 0.224 e. The Morgan fingerprint density at radius 1 is 1.35 bits per heavy atom. The van der Waals surface area contributed by atoms with Gasteiger partial charge in [0, 0.05) is 30.0 Å². The van der Waals surface area contributed by atoms with Crippen LogP contribution in [0.1, 0.15) is 26.7 Å². The molecule has 0 radical (unpaired) electrons. The predicted molar refractivity (Wildman–Crippen MR) is 79.7 cm³/mol. The van der Waals surface area contributed by atoms with E-state index in [0.717, 1.165) is 11.4 Å². The minimum Gasteiger partial charge on any atom is -0.326 e. The molecule has 1 aromatic heterocycles. The largest absolute Gasteiger partial charge is 0.326 e. The Morgan fingerprint density at radius 2 is 2.05 bits per heavy atom. The van der Waals surface area contributed by atoms with Crippen molar-refractivity contribution >= 4 is 11.6 Å². The van der Waals surface area contributed by atoms with Crippen molar-refractivity contribution in [2.45, 2.75) is 32.2 Å². The van der Waals surface area contributed by atoms with E-state index in [-0.39, 0.29) is 11.4 Å². The number of carbonyl (C=O) groups excluding carboxylic acids is 1. The molecule has 3 N–H and O–H groups in total. The molecule has 0 unspecified atom stereocenters. The van der Waals surface area contributed by atoms with Crippen LogP contribution in [0, 0.1) is 0 Å². The van der Waals surface area contributed by atoms with Crippen LogP contribution >= 0.6 is 0 Å². The Morgan fingerprint density at radius 3 is 2.60 bits per heavy atom. The molecule has 1 aromatic carbocycles. The molecule has 0 spiro atoms. The summed E-state index contributed by atoms with van der Waals surface area (Å²) in [6.07, 6.45) is 4.68. The Bertz CT molecular complexity index is 553. The topological polar surface area (TPSA) is 72.9 Å². The van der Waals surface area contributed by atoms with Crippen LogP contribution in [0.3, 0.4) is 0 Å². The van der Waals surface area contributed by atoms with Gasteiger partial charge in [-0.05, 0) is 50.6 Å². The lowest BCUT2D eigenvalue weighted by Gasteiger charge is -2.17. The molecule has 1 heterocycles. The Balaban J connectivity index is 1.92. The van der Waals surface area contributed by atoms with E-state index < -0.39 is 0 Å². The highest BCUT2D eigenvalue weighted by Crippen LogP contribution is 2.14. The van der Waals surface area contributed by atoms with Gasteiger partial charge in [-0.1, -0.05) is 0 Å². The number of rotatable bonds is 5. The molecule has 0 saturated heterocycles. The third-order valence-corrected chi connectivity index (χ3v) is 2.92. The van der Waals surface area contributed by atoms with Crippen LogP contribution in [0.4, 0.5) is 5.69 Å². The average molecular weight is 272 g/mol. The highest BCUT2D eigenvalue weighted by molar-refractivity contribution is 5.90. The lowest BCUT2D eigenvalue weighted by atomic mass is 10.00. The van der Waals surface area contributed by atoms with Crippen molar-refractivity contribution in [3.05, 3.63) is 42.7 Å². The van der Waals surface area contributed by atoms with Gasteiger partial charge in [-0.25, -0.2) is 4.68 Å². The van der Waals surface area contributed by atoms with Gasteiger partial charge in [0.1, 0.15) is 0 Å². The first-order valence-electron chi connectivity index (χ1n) is 6.63. The monoisotopic (exact) mass is 272 g/mol. The summed E-state index contributed by atoms with van der Waals surface area (Å²) < 4.78 is 1.77. The molecule has 0 aliphatic heterocycles. The van der Waals surface area contributed by atoms with Gasteiger partial charge in [-0.3, -0.25) is 4.79 Å². The summed E-state index contributed by atoms with van der Waals surface area (Å²) in [4.78, 5) is 11.8. The zero-order chi connectivity index (χ0) is 14.6. The highest BCUT2D eigenvalue weighted by Gasteiger charge is 2.13. The van der Waals surface area contributed by atoms with Crippen LogP contribution in [0.5, 0.6) is 0 Å². The molecule has 2 rings (SSSR count). The summed E-state index contributed by atoms with van der Waals surface area (Å²) in [7, 11) is 0. The Kier molecular flexibility index (Phi) is 4.20. The fraction of sp³-hybridized carbons (Fsp3) is 0.333. The summed E-state index contributed by atoms with van der Waals surface area (Å²) in [6, 6.07) is 9.42. The molecule has 5 heteroatoms. The number of nitrogens with one attached hydrogen (secondary N) is 1. The summed E-state index contributed by atoms with van der Waals surface area (Å²) in [5.74, 6) is -0.0182. The molecule has 0 aliphatic rings. The first kappa shape index (κ1) is 14.3. The Labute approximate surface area is 118 Å². The SMILES string of the molecule is CC(C)(N)CCC(=O)Nc1ccc(-n2cccn2)cc1. The molecule has 20 heavy (non-hydrogen) atoms. The van der Waals surface area contributed by atoms with Crippen LogP contribution in [-0.2, 0) is 4.79 Å². The van der Waals surface area contributed by atoms with Gasteiger partial charge in [0.05, 0.1) is 5.69 Å². The van der Waals surface area contributed by atoms with E-state index in [9.17, 15) is 4.79 Å². The summed E-state index contributed by atoms with van der Waals surface area (Å²) >= 11 is 0. The number of nitrogens with zero attached hydrogens (tertiary/aromatic N) is 2. The molecule has 0 fully saturated rings. The number of benzene rings is 1. The maximum absolute atomic E-state index is 11.8. The van der Waals surface area contributed by atoms with Gasteiger partial charge in [-0.2, -0.15) is 5.10 Å². The maximum Gasteiger partial charge on any atom is 0.224 e.